The van der Waals surface area contributed by atoms with Crippen molar-refractivity contribution in [2.24, 2.45) is 5.92 Å². The van der Waals surface area contributed by atoms with Gasteiger partial charge in [0.15, 0.2) is 0 Å². The van der Waals surface area contributed by atoms with Gasteiger partial charge in [0.1, 0.15) is 0 Å². The van der Waals surface area contributed by atoms with Crippen LogP contribution in [0.15, 0.2) is 54.6 Å². The van der Waals surface area contributed by atoms with Gasteiger partial charge < -0.3 is 5.11 Å². The number of halogens is 3. The summed E-state index contributed by atoms with van der Waals surface area (Å²) in [5.41, 5.74) is 0.989. The first-order valence-corrected chi connectivity index (χ1v) is 8.55. The third-order valence-corrected chi connectivity index (χ3v) is 4.84. The normalized spacial score (nSPS) is 19.9. The van der Waals surface area contributed by atoms with E-state index in [0.29, 0.717) is 19.5 Å². The molecule has 0 radical (unpaired) electrons. The molecule has 1 fully saturated rings. The van der Waals surface area contributed by atoms with Crippen LogP contribution in [0.1, 0.15) is 35.6 Å². The average Bonchev–Trinajstić information content (AvgIpc) is 2.63. The van der Waals surface area contributed by atoms with Gasteiger partial charge in [0.05, 0.1) is 17.5 Å². The van der Waals surface area contributed by atoms with E-state index in [1.54, 1.807) is 0 Å². The van der Waals surface area contributed by atoms with Crippen molar-refractivity contribution in [1.29, 1.82) is 0 Å². The van der Waals surface area contributed by atoms with Crippen molar-refractivity contribution in [3.8, 4) is 0 Å². The molecule has 3 rings (SSSR count). The predicted octanol–water partition coefficient (Wildman–Crippen LogP) is 4.59. The summed E-state index contributed by atoms with van der Waals surface area (Å²) < 4.78 is 38.6. The first-order valence-electron chi connectivity index (χ1n) is 8.55. The molecule has 1 aliphatic rings. The molecule has 0 aromatic heterocycles. The number of carbonyl (C=O) groups is 1. The number of alkyl halides is 3. The molecule has 6 heteroatoms. The molecular formula is C20H20F3NO2. The lowest BCUT2D eigenvalue weighted by Gasteiger charge is -2.37. The topological polar surface area (TPSA) is 40.5 Å². The molecule has 0 saturated carbocycles. The zero-order valence-electron chi connectivity index (χ0n) is 14.1. The molecule has 1 N–H and O–H groups in total. The van der Waals surface area contributed by atoms with Crippen LogP contribution in [0.4, 0.5) is 13.2 Å². The highest BCUT2D eigenvalue weighted by atomic mass is 19.4. The second kappa shape index (κ2) is 7.50. The Morgan fingerprint density at radius 2 is 1.65 bits per heavy atom. The van der Waals surface area contributed by atoms with E-state index in [1.165, 1.54) is 12.1 Å². The van der Waals surface area contributed by atoms with E-state index in [0.717, 1.165) is 29.7 Å². The summed E-state index contributed by atoms with van der Waals surface area (Å²) in [6.45, 7) is 1.10. The summed E-state index contributed by atoms with van der Waals surface area (Å²) in [6.07, 6.45) is -3.00. The SMILES string of the molecule is O=C(O)C1CCCN(C(c2ccccc2)c2ccc(C(F)(F)F)cc2)C1. The molecule has 2 unspecified atom stereocenters. The van der Waals surface area contributed by atoms with E-state index in [9.17, 15) is 23.1 Å². The minimum absolute atomic E-state index is 0.263. The Morgan fingerprint density at radius 3 is 2.23 bits per heavy atom. The van der Waals surface area contributed by atoms with Crippen LogP contribution < -0.4 is 0 Å². The molecule has 0 aliphatic carbocycles. The van der Waals surface area contributed by atoms with Gasteiger partial charge >= 0.3 is 12.1 Å². The first-order chi connectivity index (χ1) is 12.4. The summed E-state index contributed by atoms with van der Waals surface area (Å²) >= 11 is 0. The van der Waals surface area contributed by atoms with E-state index in [4.69, 9.17) is 0 Å². The van der Waals surface area contributed by atoms with Crippen molar-refractivity contribution >= 4 is 5.97 Å². The monoisotopic (exact) mass is 363 g/mol. The van der Waals surface area contributed by atoms with Crippen LogP contribution >= 0.6 is 0 Å². The summed E-state index contributed by atoms with van der Waals surface area (Å²) in [5.74, 6) is -1.28. The number of likely N-dealkylation sites (tertiary alicyclic amines) is 1. The number of hydrogen-bond donors (Lipinski definition) is 1. The van der Waals surface area contributed by atoms with Crippen LogP contribution in [-0.4, -0.2) is 29.1 Å². The molecule has 2 aromatic carbocycles. The van der Waals surface area contributed by atoms with E-state index >= 15 is 0 Å². The van der Waals surface area contributed by atoms with Gasteiger partial charge in [0.25, 0.3) is 0 Å². The Morgan fingerprint density at radius 1 is 1.04 bits per heavy atom. The molecule has 3 nitrogen and oxygen atoms in total. The number of nitrogens with zero attached hydrogens (tertiary/aromatic N) is 1. The van der Waals surface area contributed by atoms with Crippen LogP contribution in [0.5, 0.6) is 0 Å². The Kier molecular flexibility index (Phi) is 5.32. The number of benzene rings is 2. The number of carboxylic acids is 1. The van der Waals surface area contributed by atoms with E-state index in [-0.39, 0.29) is 6.04 Å². The fraction of sp³-hybridized carbons (Fsp3) is 0.350. The smallest absolute Gasteiger partial charge is 0.416 e. The molecule has 1 heterocycles. The highest BCUT2D eigenvalue weighted by Crippen LogP contribution is 2.35. The van der Waals surface area contributed by atoms with Crippen LogP contribution in [0.2, 0.25) is 0 Å². The Balaban J connectivity index is 1.95. The number of rotatable bonds is 4. The molecule has 1 aliphatic heterocycles. The minimum Gasteiger partial charge on any atom is -0.481 e. The first kappa shape index (κ1) is 18.5. The van der Waals surface area contributed by atoms with E-state index in [1.807, 2.05) is 30.3 Å². The Bertz CT molecular complexity index is 744. The molecule has 26 heavy (non-hydrogen) atoms. The minimum atomic E-state index is -4.37. The predicted molar refractivity (Wildman–Crippen MR) is 91.7 cm³/mol. The van der Waals surface area contributed by atoms with E-state index in [2.05, 4.69) is 4.90 Å². The quantitative estimate of drug-likeness (QED) is 0.864. The average molecular weight is 363 g/mol. The zero-order valence-corrected chi connectivity index (χ0v) is 14.1. The van der Waals surface area contributed by atoms with Gasteiger partial charge in [-0.15, -0.1) is 0 Å². The molecule has 2 atom stereocenters. The molecule has 1 saturated heterocycles. The van der Waals surface area contributed by atoms with Crippen LogP contribution in [0.25, 0.3) is 0 Å². The summed E-state index contributed by atoms with van der Waals surface area (Å²) in [7, 11) is 0. The van der Waals surface area contributed by atoms with Gasteiger partial charge in [0.2, 0.25) is 0 Å². The molecule has 2 aromatic rings. The van der Waals surface area contributed by atoms with E-state index < -0.39 is 23.6 Å². The maximum atomic E-state index is 12.9. The standard InChI is InChI=1S/C20H20F3NO2/c21-20(22,23)17-10-8-15(9-11-17)18(14-5-2-1-3-6-14)24-12-4-7-16(13-24)19(25)26/h1-3,5-6,8-11,16,18H,4,7,12-13H2,(H,25,26). The molecule has 0 amide bonds. The maximum Gasteiger partial charge on any atom is 0.416 e. The van der Waals surface area contributed by atoms with Crippen LogP contribution in [0.3, 0.4) is 0 Å². The van der Waals surface area contributed by atoms with Crippen LogP contribution in [0, 0.1) is 5.92 Å². The van der Waals surface area contributed by atoms with Crippen molar-refractivity contribution < 1.29 is 23.1 Å². The van der Waals surface area contributed by atoms with Crippen molar-refractivity contribution in [2.45, 2.75) is 25.1 Å². The number of piperidine rings is 1. The van der Waals surface area contributed by atoms with Gasteiger partial charge in [-0.3, -0.25) is 9.69 Å². The highest BCUT2D eigenvalue weighted by molar-refractivity contribution is 5.70. The van der Waals surface area contributed by atoms with Gasteiger partial charge in [-0.25, -0.2) is 0 Å². The molecule has 0 bridgehead atoms. The van der Waals surface area contributed by atoms with Crippen molar-refractivity contribution in [1.82, 2.24) is 4.90 Å². The number of aliphatic carboxylic acids is 1. The fourth-order valence-corrected chi connectivity index (χ4v) is 3.55. The molecule has 138 valence electrons. The highest BCUT2D eigenvalue weighted by Gasteiger charge is 2.33. The summed E-state index contributed by atoms with van der Waals surface area (Å²) in [5, 5.41) is 9.35. The lowest BCUT2D eigenvalue weighted by molar-refractivity contribution is -0.144. The van der Waals surface area contributed by atoms with Crippen LogP contribution in [-0.2, 0) is 11.0 Å². The second-order valence-corrected chi connectivity index (χ2v) is 6.61. The van der Waals surface area contributed by atoms with Gasteiger partial charge in [-0.1, -0.05) is 42.5 Å². The van der Waals surface area contributed by atoms with Gasteiger partial charge in [-0.2, -0.15) is 13.2 Å². The van der Waals surface area contributed by atoms with Gasteiger partial charge in [0, 0.05) is 6.54 Å². The van der Waals surface area contributed by atoms with Crippen molar-refractivity contribution in [3.05, 3.63) is 71.3 Å². The molecular weight excluding hydrogens is 343 g/mol. The molecule has 0 spiro atoms. The zero-order chi connectivity index (χ0) is 18.7. The fourth-order valence-electron chi connectivity index (χ4n) is 3.55. The maximum absolute atomic E-state index is 12.9. The Labute approximate surface area is 150 Å². The third-order valence-electron chi connectivity index (χ3n) is 4.84. The van der Waals surface area contributed by atoms with Gasteiger partial charge in [-0.05, 0) is 42.6 Å². The summed E-state index contributed by atoms with van der Waals surface area (Å²) in [6, 6.07) is 14.4. The lowest BCUT2D eigenvalue weighted by atomic mass is 9.91. The summed E-state index contributed by atoms with van der Waals surface area (Å²) in [4.78, 5) is 13.5. The largest absolute Gasteiger partial charge is 0.481 e. The number of hydrogen-bond acceptors (Lipinski definition) is 2. The second-order valence-electron chi connectivity index (χ2n) is 6.61. The number of carboxylic acid groups (broad SMARTS) is 1. The van der Waals surface area contributed by atoms with Crippen molar-refractivity contribution in [3.63, 3.8) is 0 Å². The van der Waals surface area contributed by atoms with Crippen molar-refractivity contribution in [2.75, 3.05) is 13.1 Å². The third kappa shape index (κ3) is 4.07. The Hall–Kier alpha value is -2.34. The lowest BCUT2D eigenvalue weighted by Crippen LogP contribution is -2.41.